The molecule has 0 saturated carbocycles. The maximum atomic E-state index is 11.9. The Hall–Kier alpha value is -2.10. The number of hydrogen-bond acceptors (Lipinski definition) is 4. The van der Waals surface area contributed by atoms with E-state index in [4.69, 9.17) is 51.7 Å². The second-order valence-electron chi connectivity index (χ2n) is 5.26. The molecule has 0 spiro atoms. The summed E-state index contributed by atoms with van der Waals surface area (Å²) in [6.45, 7) is 0. The molecule has 0 amide bonds. The van der Waals surface area contributed by atoms with Crippen molar-refractivity contribution in [2.45, 2.75) is 6.42 Å². The number of nitrogens with zero attached hydrogens (tertiary/aromatic N) is 4. The monoisotopic (exact) mass is 424 g/mol. The van der Waals surface area contributed by atoms with E-state index in [1.54, 1.807) is 30.3 Å². The van der Waals surface area contributed by atoms with Gasteiger partial charge in [0.1, 0.15) is 0 Å². The summed E-state index contributed by atoms with van der Waals surface area (Å²) in [6.07, 6.45) is 1.61. The quantitative estimate of drug-likeness (QED) is 0.609. The number of rotatable bonds is 3. The molecule has 2 aromatic carbocycles. The molecule has 130 valence electrons. The van der Waals surface area contributed by atoms with Gasteiger partial charge in [-0.25, -0.2) is 4.79 Å². The van der Waals surface area contributed by atoms with Crippen LogP contribution in [0.2, 0.25) is 20.2 Å². The standard InChI is InChI=1S/C17H8Cl4N4O/c18-13-3-9(7-22)1-2-10(13)4-12-14(19)5-11(6-15(12)20)25-17(26)24-16(21)8-23-25/h1-3,5-6,8H,4H2. The van der Waals surface area contributed by atoms with Crippen LogP contribution in [-0.4, -0.2) is 14.8 Å². The molecule has 0 N–H and O–H groups in total. The lowest BCUT2D eigenvalue weighted by Crippen LogP contribution is -2.23. The molecule has 0 fully saturated rings. The lowest BCUT2D eigenvalue weighted by molar-refractivity contribution is 0.762. The van der Waals surface area contributed by atoms with E-state index in [0.29, 0.717) is 38.3 Å². The van der Waals surface area contributed by atoms with Crippen molar-refractivity contribution in [1.82, 2.24) is 14.8 Å². The molecule has 0 atom stereocenters. The zero-order valence-electron chi connectivity index (χ0n) is 12.9. The molecule has 0 aliphatic heterocycles. The van der Waals surface area contributed by atoms with Gasteiger partial charge in [0.25, 0.3) is 0 Å². The fraction of sp³-hybridized carbons (Fsp3) is 0.0588. The van der Waals surface area contributed by atoms with Gasteiger partial charge < -0.3 is 0 Å². The second-order valence-corrected chi connectivity index (χ2v) is 6.87. The summed E-state index contributed by atoms with van der Waals surface area (Å²) in [5, 5.41) is 14.0. The Morgan fingerprint density at radius 1 is 1.04 bits per heavy atom. The third-order valence-corrected chi connectivity index (χ3v) is 4.79. The molecular formula is C17H8Cl4N4O. The lowest BCUT2D eigenvalue weighted by atomic mass is 10.0. The minimum Gasteiger partial charge on any atom is -0.244 e. The zero-order chi connectivity index (χ0) is 18.8. The number of halogens is 4. The molecule has 3 aromatic rings. The van der Waals surface area contributed by atoms with Crippen LogP contribution in [0.15, 0.2) is 41.3 Å². The highest BCUT2D eigenvalue weighted by atomic mass is 35.5. The molecule has 0 aliphatic rings. The third-order valence-electron chi connectivity index (χ3n) is 3.58. The Balaban J connectivity index is 2.01. The average Bonchev–Trinajstić information content (AvgIpc) is 2.59. The van der Waals surface area contributed by atoms with E-state index in [9.17, 15) is 4.79 Å². The molecule has 0 saturated heterocycles. The van der Waals surface area contributed by atoms with Gasteiger partial charge in [-0.15, -0.1) is 0 Å². The number of benzene rings is 2. The van der Waals surface area contributed by atoms with Gasteiger partial charge in [0.05, 0.1) is 23.5 Å². The first-order chi connectivity index (χ1) is 12.4. The van der Waals surface area contributed by atoms with Crippen molar-refractivity contribution in [1.29, 1.82) is 5.26 Å². The Morgan fingerprint density at radius 2 is 1.73 bits per heavy atom. The summed E-state index contributed by atoms with van der Waals surface area (Å²) in [5.41, 5.74) is 1.59. The first-order valence-corrected chi connectivity index (χ1v) is 8.69. The van der Waals surface area contributed by atoms with Crippen LogP contribution >= 0.6 is 46.4 Å². The van der Waals surface area contributed by atoms with Crippen LogP contribution in [0, 0.1) is 11.3 Å². The van der Waals surface area contributed by atoms with Crippen LogP contribution in [0.5, 0.6) is 0 Å². The molecular weight excluding hydrogens is 418 g/mol. The van der Waals surface area contributed by atoms with Gasteiger partial charge in [-0.1, -0.05) is 52.5 Å². The summed E-state index contributed by atoms with van der Waals surface area (Å²) < 4.78 is 1.04. The van der Waals surface area contributed by atoms with Gasteiger partial charge in [-0.3, -0.25) is 0 Å². The molecule has 0 unspecified atom stereocenters. The smallest absolute Gasteiger partial charge is 0.244 e. The van der Waals surface area contributed by atoms with Crippen molar-refractivity contribution in [2.24, 2.45) is 0 Å². The summed E-state index contributed by atoms with van der Waals surface area (Å²) in [4.78, 5) is 15.5. The normalized spacial score (nSPS) is 10.6. The second kappa shape index (κ2) is 7.65. The summed E-state index contributed by atoms with van der Waals surface area (Å²) in [5.74, 6) is 0. The highest BCUT2D eigenvalue weighted by Crippen LogP contribution is 2.31. The molecule has 9 heteroatoms. The largest absolute Gasteiger partial charge is 0.370 e. The van der Waals surface area contributed by atoms with E-state index < -0.39 is 5.69 Å². The molecule has 5 nitrogen and oxygen atoms in total. The van der Waals surface area contributed by atoms with Crippen LogP contribution in [0.4, 0.5) is 0 Å². The topological polar surface area (TPSA) is 71.6 Å². The third kappa shape index (κ3) is 3.84. The summed E-state index contributed by atoms with van der Waals surface area (Å²) >= 11 is 24.6. The maximum Gasteiger partial charge on any atom is 0.370 e. The Kier molecular flexibility index (Phi) is 5.49. The van der Waals surface area contributed by atoms with Crippen LogP contribution in [0.3, 0.4) is 0 Å². The van der Waals surface area contributed by atoms with Gasteiger partial charge in [0.15, 0.2) is 5.15 Å². The zero-order valence-corrected chi connectivity index (χ0v) is 15.9. The Bertz CT molecular complexity index is 1080. The number of nitriles is 1. The van der Waals surface area contributed by atoms with Crippen molar-refractivity contribution < 1.29 is 0 Å². The van der Waals surface area contributed by atoms with Gasteiger partial charge in [-0.2, -0.15) is 20.0 Å². The predicted molar refractivity (Wildman–Crippen MR) is 102 cm³/mol. The average molecular weight is 426 g/mol. The molecule has 3 rings (SSSR count). The molecule has 0 aliphatic carbocycles. The van der Waals surface area contributed by atoms with E-state index in [0.717, 1.165) is 10.2 Å². The Morgan fingerprint density at radius 3 is 2.31 bits per heavy atom. The highest BCUT2D eigenvalue weighted by Gasteiger charge is 2.14. The Labute approximate surface area is 168 Å². The summed E-state index contributed by atoms with van der Waals surface area (Å²) in [6, 6.07) is 10.1. The molecule has 1 heterocycles. The van der Waals surface area contributed by atoms with Gasteiger partial charge in [0, 0.05) is 21.5 Å². The molecule has 1 aromatic heterocycles. The van der Waals surface area contributed by atoms with Crippen molar-refractivity contribution in [3.8, 4) is 11.8 Å². The van der Waals surface area contributed by atoms with E-state index in [-0.39, 0.29) is 5.15 Å². The molecule has 0 bridgehead atoms. The van der Waals surface area contributed by atoms with Crippen molar-refractivity contribution in [3.63, 3.8) is 0 Å². The van der Waals surface area contributed by atoms with Crippen LogP contribution in [0.1, 0.15) is 16.7 Å². The van der Waals surface area contributed by atoms with Crippen molar-refractivity contribution in [2.75, 3.05) is 0 Å². The fourth-order valence-corrected chi connectivity index (χ4v) is 3.30. The first kappa shape index (κ1) is 18.7. The SMILES string of the molecule is N#Cc1ccc(Cc2c(Cl)cc(-n3ncc(Cl)nc3=O)cc2Cl)c(Cl)c1. The highest BCUT2D eigenvalue weighted by molar-refractivity contribution is 6.36. The van der Waals surface area contributed by atoms with Crippen LogP contribution in [-0.2, 0) is 6.42 Å². The molecule has 26 heavy (non-hydrogen) atoms. The van der Waals surface area contributed by atoms with E-state index in [1.807, 2.05) is 6.07 Å². The molecule has 0 radical (unpaired) electrons. The summed E-state index contributed by atoms with van der Waals surface area (Å²) in [7, 11) is 0. The minimum absolute atomic E-state index is 0.00415. The van der Waals surface area contributed by atoms with E-state index >= 15 is 0 Å². The van der Waals surface area contributed by atoms with Crippen molar-refractivity contribution >= 4 is 46.4 Å². The van der Waals surface area contributed by atoms with E-state index in [1.165, 1.54) is 6.20 Å². The number of aromatic nitrogens is 3. The fourth-order valence-electron chi connectivity index (χ4n) is 2.33. The van der Waals surface area contributed by atoms with Gasteiger partial charge in [-0.05, 0) is 35.4 Å². The van der Waals surface area contributed by atoms with E-state index in [2.05, 4.69) is 10.1 Å². The maximum absolute atomic E-state index is 11.9. The van der Waals surface area contributed by atoms with Crippen molar-refractivity contribution in [3.05, 3.63) is 83.9 Å². The van der Waals surface area contributed by atoms with Crippen LogP contribution < -0.4 is 5.69 Å². The lowest BCUT2D eigenvalue weighted by Gasteiger charge is -2.12. The van der Waals surface area contributed by atoms with Gasteiger partial charge >= 0.3 is 5.69 Å². The van der Waals surface area contributed by atoms with Crippen LogP contribution in [0.25, 0.3) is 5.69 Å². The predicted octanol–water partition coefficient (Wildman–Crippen LogP) is 4.70. The van der Waals surface area contributed by atoms with Gasteiger partial charge in [0.2, 0.25) is 0 Å². The first-order valence-electron chi connectivity index (χ1n) is 7.17. The minimum atomic E-state index is -0.646. The number of hydrogen-bond donors (Lipinski definition) is 0.